The molecule has 3 N–H and O–H groups in total. The Hall–Kier alpha value is -2.76. The van der Waals surface area contributed by atoms with Gasteiger partial charge in [0.1, 0.15) is 5.75 Å². The first-order valence-corrected chi connectivity index (χ1v) is 7.25. The van der Waals surface area contributed by atoms with Crippen molar-refractivity contribution in [3.63, 3.8) is 0 Å². The number of aliphatic carboxylic acids is 2. The van der Waals surface area contributed by atoms with Crippen molar-refractivity contribution < 1.29 is 24.5 Å². The minimum atomic E-state index is -1.16. The first-order valence-electron chi connectivity index (χ1n) is 7.25. The Morgan fingerprint density at radius 2 is 1.61 bits per heavy atom. The van der Waals surface area contributed by atoms with Crippen molar-refractivity contribution >= 4 is 11.9 Å². The molecule has 1 aromatic carbocycles. The van der Waals surface area contributed by atoms with Gasteiger partial charge in [0.15, 0.2) is 0 Å². The fourth-order valence-electron chi connectivity index (χ4n) is 2.88. The van der Waals surface area contributed by atoms with Gasteiger partial charge in [0.25, 0.3) is 0 Å². The van der Waals surface area contributed by atoms with Crippen LogP contribution in [0.25, 0.3) is 0 Å². The molecular weight excluding hydrogens is 298 g/mol. The fraction of sp³-hybridized carbons (Fsp3) is 0.294. The van der Waals surface area contributed by atoms with Crippen LogP contribution in [-0.4, -0.2) is 28.8 Å². The lowest BCUT2D eigenvalue weighted by molar-refractivity contribution is -0.133. The third-order valence-electron chi connectivity index (χ3n) is 3.75. The summed E-state index contributed by atoms with van der Waals surface area (Å²) in [4.78, 5) is 23.5. The van der Waals surface area contributed by atoms with Crippen molar-refractivity contribution in [1.29, 1.82) is 0 Å². The van der Waals surface area contributed by atoms with Crippen LogP contribution in [0, 0.1) is 0 Å². The maximum Gasteiger partial charge on any atom is 0.334 e. The number of benzene rings is 1. The summed E-state index contributed by atoms with van der Waals surface area (Å²) in [6, 6.07) is 6.92. The molecule has 23 heavy (non-hydrogen) atoms. The molecule has 0 aromatic heterocycles. The number of para-hydroxylation sites is 1. The van der Waals surface area contributed by atoms with E-state index in [-0.39, 0.29) is 11.1 Å². The molecule has 122 valence electrons. The number of hydrogen-bond acceptors (Lipinski definition) is 4. The molecule has 1 aromatic rings. The van der Waals surface area contributed by atoms with E-state index in [4.69, 9.17) is 4.74 Å². The van der Waals surface area contributed by atoms with Crippen molar-refractivity contribution in [2.75, 3.05) is 6.61 Å². The van der Waals surface area contributed by atoms with Crippen LogP contribution >= 0.6 is 0 Å². The predicted octanol–water partition coefficient (Wildman–Crippen LogP) is 2.49. The largest absolute Gasteiger partial charge is 0.494 e. The minimum absolute atomic E-state index is 0.0140. The molecule has 0 atom stereocenters. The van der Waals surface area contributed by atoms with E-state index in [2.05, 4.69) is 5.32 Å². The molecule has 0 amide bonds. The Kier molecular flexibility index (Phi) is 4.74. The molecule has 0 saturated heterocycles. The number of carbonyl (C=O) groups is 2. The number of carboxylic acids is 2. The van der Waals surface area contributed by atoms with Crippen LogP contribution in [0.2, 0.25) is 0 Å². The monoisotopic (exact) mass is 317 g/mol. The van der Waals surface area contributed by atoms with Crippen LogP contribution in [0.4, 0.5) is 0 Å². The Morgan fingerprint density at radius 3 is 2.09 bits per heavy atom. The highest BCUT2D eigenvalue weighted by Gasteiger charge is 2.37. The highest BCUT2D eigenvalue weighted by molar-refractivity contribution is 5.98. The van der Waals surface area contributed by atoms with E-state index in [0.29, 0.717) is 29.3 Å². The van der Waals surface area contributed by atoms with Crippen LogP contribution in [0.3, 0.4) is 0 Å². The summed E-state index contributed by atoms with van der Waals surface area (Å²) in [5.74, 6) is -2.72. The van der Waals surface area contributed by atoms with E-state index in [9.17, 15) is 19.8 Å². The number of allylic oxidation sites excluding steroid dienone is 2. The Bertz CT molecular complexity index is 681. The normalized spacial score (nSPS) is 15.4. The average molecular weight is 317 g/mol. The molecule has 6 heteroatoms. The minimum Gasteiger partial charge on any atom is -0.494 e. The first kappa shape index (κ1) is 16.6. The molecule has 0 bridgehead atoms. The number of nitrogens with one attached hydrogen (secondary N) is 1. The molecule has 0 spiro atoms. The van der Waals surface area contributed by atoms with Gasteiger partial charge in [-0.3, -0.25) is 0 Å². The maximum absolute atomic E-state index is 11.7. The highest BCUT2D eigenvalue weighted by atomic mass is 16.5. The summed E-state index contributed by atoms with van der Waals surface area (Å²) < 4.78 is 5.57. The van der Waals surface area contributed by atoms with Crippen LogP contribution in [0.15, 0.2) is 46.8 Å². The molecule has 0 fully saturated rings. The third kappa shape index (κ3) is 3.06. The fourth-order valence-corrected chi connectivity index (χ4v) is 2.88. The van der Waals surface area contributed by atoms with Crippen LogP contribution in [0.1, 0.15) is 32.3 Å². The van der Waals surface area contributed by atoms with Crippen molar-refractivity contribution in [3.05, 3.63) is 52.4 Å². The van der Waals surface area contributed by atoms with E-state index < -0.39 is 17.9 Å². The van der Waals surface area contributed by atoms with Crippen molar-refractivity contribution in [3.8, 4) is 5.75 Å². The van der Waals surface area contributed by atoms with Crippen LogP contribution < -0.4 is 10.1 Å². The molecule has 0 unspecified atom stereocenters. The number of rotatable bonds is 5. The number of ether oxygens (including phenoxy) is 1. The predicted molar refractivity (Wildman–Crippen MR) is 84.2 cm³/mol. The van der Waals surface area contributed by atoms with E-state index in [1.54, 1.807) is 38.1 Å². The van der Waals surface area contributed by atoms with Gasteiger partial charge in [0.05, 0.1) is 23.7 Å². The van der Waals surface area contributed by atoms with Gasteiger partial charge in [-0.2, -0.15) is 0 Å². The lowest BCUT2D eigenvalue weighted by Crippen LogP contribution is -2.31. The topological polar surface area (TPSA) is 95.9 Å². The molecular formula is C17H19NO5. The van der Waals surface area contributed by atoms with E-state index in [0.717, 1.165) is 0 Å². The summed E-state index contributed by atoms with van der Waals surface area (Å²) in [5, 5.41) is 22.0. The summed E-state index contributed by atoms with van der Waals surface area (Å²) in [6.07, 6.45) is 0. The van der Waals surface area contributed by atoms with Crippen molar-refractivity contribution in [2.45, 2.75) is 26.7 Å². The van der Waals surface area contributed by atoms with Gasteiger partial charge in [-0.25, -0.2) is 9.59 Å². The van der Waals surface area contributed by atoms with Gasteiger partial charge in [-0.15, -0.1) is 0 Å². The molecule has 0 aliphatic carbocycles. The SMILES string of the molecule is CCOc1ccccc1C1C(C(=O)O)=C(C)NC(C)=C1C(=O)O. The zero-order chi connectivity index (χ0) is 17.1. The molecule has 0 saturated carbocycles. The van der Waals surface area contributed by atoms with Gasteiger partial charge in [-0.05, 0) is 26.8 Å². The van der Waals surface area contributed by atoms with Crippen LogP contribution in [0.5, 0.6) is 5.75 Å². The quantitative estimate of drug-likeness (QED) is 0.772. The standard InChI is InChI=1S/C17H19NO5/c1-4-23-12-8-6-5-7-11(12)15-13(16(19)20)9(2)18-10(3)14(15)17(21)22/h5-8,15,18H,4H2,1-3H3,(H,19,20)(H,21,22). The van der Waals surface area contributed by atoms with E-state index in [1.165, 1.54) is 0 Å². The molecule has 1 heterocycles. The molecule has 6 nitrogen and oxygen atoms in total. The number of hydrogen-bond donors (Lipinski definition) is 3. The third-order valence-corrected chi connectivity index (χ3v) is 3.75. The second-order valence-corrected chi connectivity index (χ2v) is 5.22. The summed E-state index contributed by atoms with van der Waals surface area (Å²) in [7, 11) is 0. The maximum atomic E-state index is 11.7. The summed E-state index contributed by atoms with van der Waals surface area (Å²) in [6.45, 7) is 5.47. The van der Waals surface area contributed by atoms with E-state index in [1.807, 2.05) is 6.92 Å². The van der Waals surface area contributed by atoms with Gasteiger partial charge < -0.3 is 20.3 Å². The van der Waals surface area contributed by atoms with Gasteiger partial charge >= 0.3 is 11.9 Å². The zero-order valence-electron chi connectivity index (χ0n) is 13.2. The van der Waals surface area contributed by atoms with Crippen LogP contribution in [-0.2, 0) is 9.59 Å². The summed E-state index contributed by atoms with van der Waals surface area (Å²) >= 11 is 0. The average Bonchev–Trinajstić information content (AvgIpc) is 2.46. The first-order chi connectivity index (χ1) is 10.9. The Balaban J connectivity index is 2.72. The van der Waals surface area contributed by atoms with Gasteiger partial charge in [-0.1, -0.05) is 18.2 Å². The molecule has 1 aliphatic heterocycles. The molecule has 0 radical (unpaired) electrons. The Labute approximate surface area is 134 Å². The van der Waals surface area contributed by atoms with Gasteiger partial charge in [0.2, 0.25) is 0 Å². The lowest BCUT2D eigenvalue weighted by atomic mass is 9.80. The Morgan fingerprint density at radius 1 is 1.09 bits per heavy atom. The zero-order valence-corrected chi connectivity index (χ0v) is 13.2. The number of carboxylic acid groups (broad SMARTS) is 2. The summed E-state index contributed by atoms with van der Waals surface area (Å²) in [5.41, 5.74) is 1.41. The molecule has 2 rings (SSSR count). The lowest BCUT2D eigenvalue weighted by Gasteiger charge is -2.29. The number of dihydropyridines is 1. The molecule has 1 aliphatic rings. The smallest absolute Gasteiger partial charge is 0.334 e. The van der Waals surface area contributed by atoms with Gasteiger partial charge in [0, 0.05) is 17.0 Å². The second kappa shape index (κ2) is 6.56. The highest BCUT2D eigenvalue weighted by Crippen LogP contribution is 2.41. The van der Waals surface area contributed by atoms with Crippen molar-refractivity contribution in [2.24, 2.45) is 0 Å². The van der Waals surface area contributed by atoms with E-state index >= 15 is 0 Å². The van der Waals surface area contributed by atoms with Crippen molar-refractivity contribution in [1.82, 2.24) is 5.32 Å². The second-order valence-electron chi connectivity index (χ2n) is 5.22.